The summed E-state index contributed by atoms with van der Waals surface area (Å²) >= 11 is 3.33. The van der Waals surface area contributed by atoms with Gasteiger partial charge in [-0.25, -0.2) is 4.79 Å². The number of carbonyl (C=O) groups is 1. The topological polar surface area (TPSA) is 77.4 Å². The van der Waals surface area contributed by atoms with E-state index in [-0.39, 0.29) is 17.9 Å². The van der Waals surface area contributed by atoms with Gasteiger partial charge >= 0.3 is 6.09 Å². The SMILES string of the molecule is CC(C)(C)OC(=O)N1CCN2C(NCc3ccc(O)c(Br)c3)=NCC2C1. The summed E-state index contributed by atoms with van der Waals surface area (Å²) < 4.78 is 6.14. The average Bonchev–Trinajstić information content (AvgIpc) is 2.96. The second-order valence-electron chi connectivity index (χ2n) is 7.58. The van der Waals surface area contributed by atoms with Crippen LogP contribution in [0.1, 0.15) is 26.3 Å². The van der Waals surface area contributed by atoms with Crippen molar-refractivity contribution >= 4 is 28.0 Å². The van der Waals surface area contributed by atoms with Gasteiger partial charge < -0.3 is 25.0 Å². The van der Waals surface area contributed by atoms with Crippen molar-refractivity contribution < 1.29 is 14.6 Å². The second kappa shape index (κ2) is 7.34. The molecule has 2 aliphatic heterocycles. The number of aromatic hydroxyl groups is 1. The average molecular weight is 425 g/mol. The lowest BCUT2D eigenvalue weighted by atomic mass is 10.2. The predicted octanol–water partition coefficient (Wildman–Crippen LogP) is 2.54. The molecule has 2 N–H and O–H groups in total. The van der Waals surface area contributed by atoms with E-state index in [9.17, 15) is 9.90 Å². The summed E-state index contributed by atoms with van der Waals surface area (Å²) in [6.45, 7) is 8.90. The molecule has 0 aliphatic carbocycles. The van der Waals surface area contributed by atoms with E-state index in [1.807, 2.05) is 32.9 Å². The molecule has 7 nitrogen and oxygen atoms in total. The molecule has 2 aliphatic rings. The van der Waals surface area contributed by atoms with Crippen LogP contribution in [0.4, 0.5) is 4.79 Å². The third kappa shape index (κ3) is 4.41. The van der Waals surface area contributed by atoms with E-state index >= 15 is 0 Å². The number of phenolic OH excluding ortho intramolecular Hbond substituents is 1. The fraction of sp³-hybridized carbons (Fsp3) is 0.556. The maximum atomic E-state index is 12.3. The first-order valence-electron chi connectivity index (χ1n) is 8.73. The molecule has 0 spiro atoms. The number of halogens is 1. The number of hydrogen-bond donors (Lipinski definition) is 2. The number of amides is 1. The fourth-order valence-corrected chi connectivity index (χ4v) is 3.49. The normalized spacial score (nSPS) is 19.8. The highest BCUT2D eigenvalue weighted by atomic mass is 79.9. The minimum atomic E-state index is -0.481. The molecule has 8 heteroatoms. The molecular formula is C18H25BrN4O3. The number of fused-ring (bicyclic) bond motifs is 1. The second-order valence-corrected chi connectivity index (χ2v) is 8.43. The molecule has 2 heterocycles. The highest BCUT2D eigenvalue weighted by Gasteiger charge is 2.36. The molecule has 1 fully saturated rings. The third-order valence-corrected chi connectivity index (χ3v) is 4.96. The molecule has 1 unspecified atom stereocenters. The number of benzene rings is 1. The van der Waals surface area contributed by atoms with Crippen LogP contribution in [0.2, 0.25) is 0 Å². The van der Waals surface area contributed by atoms with Crippen LogP contribution < -0.4 is 5.32 Å². The van der Waals surface area contributed by atoms with Crippen molar-refractivity contribution in [1.82, 2.24) is 15.1 Å². The molecule has 0 bridgehead atoms. The highest BCUT2D eigenvalue weighted by Crippen LogP contribution is 2.24. The van der Waals surface area contributed by atoms with Crippen LogP contribution in [0.15, 0.2) is 27.7 Å². The Morgan fingerprint density at radius 2 is 2.19 bits per heavy atom. The number of ether oxygens (including phenoxy) is 1. The van der Waals surface area contributed by atoms with Gasteiger partial charge in [0.05, 0.1) is 17.1 Å². The number of aliphatic imine (C=N–C) groups is 1. The Hall–Kier alpha value is -1.96. The van der Waals surface area contributed by atoms with Crippen molar-refractivity contribution in [2.75, 3.05) is 26.2 Å². The number of carbonyl (C=O) groups excluding carboxylic acids is 1. The van der Waals surface area contributed by atoms with Gasteiger partial charge in [0, 0.05) is 26.2 Å². The number of piperazine rings is 1. The minimum absolute atomic E-state index is 0.185. The molecular weight excluding hydrogens is 400 g/mol. The lowest BCUT2D eigenvalue weighted by Gasteiger charge is -2.39. The van der Waals surface area contributed by atoms with Crippen LogP contribution in [-0.2, 0) is 11.3 Å². The van der Waals surface area contributed by atoms with E-state index < -0.39 is 5.60 Å². The van der Waals surface area contributed by atoms with Crippen LogP contribution in [0.3, 0.4) is 0 Å². The van der Waals surface area contributed by atoms with Crippen LogP contribution in [0.25, 0.3) is 0 Å². The third-order valence-electron chi connectivity index (χ3n) is 4.32. The van der Waals surface area contributed by atoms with Gasteiger partial charge in [-0.1, -0.05) is 6.07 Å². The Morgan fingerprint density at radius 3 is 2.88 bits per heavy atom. The van der Waals surface area contributed by atoms with Gasteiger partial charge in [-0.3, -0.25) is 4.99 Å². The molecule has 3 rings (SSSR count). The molecule has 0 saturated carbocycles. The standard InChI is InChI=1S/C18H25BrN4O3/c1-18(2,3)26-17(25)22-6-7-23-13(11-22)10-21-16(23)20-9-12-4-5-15(24)14(19)8-12/h4-5,8,13,24H,6-7,9-11H2,1-3H3,(H,20,21). The van der Waals surface area contributed by atoms with Crippen molar-refractivity contribution in [2.24, 2.45) is 4.99 Å². The van der Waals surface area contributed by atoms with Crippen molar-refractivity contribution in [2.45, 2.75) is 39.0 Å². The van der Waals surface area contributed by atoms with Crippen molar-refractivity contribution in [3.8, 4) is 5.75 Å². The van der Waals surface area contributed by atoms with Crippen molar-refractivity contribution in [1.29, 1.82) is 0 Å². The van der Waals surface area contributed by atoms with E-state index in [4.69, 9.17) is 4.74 Å². The van der Waals surface area contributed by atoms with E-state index in [0.717, 1.165) is 18.1 Å². The zero-order valence-corrected chi connectivity index (χ0v) is 16.9. The van der Waals surface area contributed by atoms with Crippen molar-refractivity contribution in [3.63, 3.8) is 0 Å². The zero-order chi connectivity index (χ0) is 18.9. The summed E-state index contributed by atoms with van der Waals surface area (Å²) in [6.07, 6.45) is -0.257. The molecule has 26 heavy (non-hydrogen) atoms. The largest absolute Gasteiger partial charge is 0.507 e. The first-order valence-corrected chi connectivity index (χ1v) is 9.52. The monoisotopic (exact) mass is 424 g/mol. The molecule has 1 aromatic carbocycles. The maximum Gasteiger partial charge on any atom is 0.410 e. The van der Waals surface area contributed by atoms with Gasteiger partial charge in [-0.15, -0.1) is 0 Å². The quantitative estimate of drug-likeness (QED) is 0.762. The van der Waals surface area contributed by atoms with Crippen LogP contribution >= 0.6 is 15.9 Å². The first kappa shape index (κ1) is 18.8. The Bertz CT molecular complexity index is 717. The molecule has 1 amide bonds. The summed E-state index contributed by atoms with van der Waals surface area (Å²) in [5, 5.41) is 12.9. The van der Waals surface area contributed by atoms with Gasteiger partial charge in [0.25, 0.3) is 0 Å². The van der Waals surface area contributed by atoms with E-state index in [2.05, 4.69) is 31.1 Å². The summed E-state index contributed by atoms with van der Waals surface area (Å²) in [6, 6.07) is 5.61. The number of phenols is 1. The van der Waals surface area contributed by atoms with Crippen LogP contribution in [-0.4, -0.2) is 64.8 Å². The molecule has 1 aromatic rings. The molecule has 0 aromatic heterocycles. The zero-order valence-electron chi connectivity index (χ0n) is 15.3. The van der Waals surface area contributed by atoms with Gasteiger partial charge in [-0.05, 0) is 54.4 Å². The Labute approximate surface area is 162 Å². The van der Waals surface area contributed by atoms with Crippen LogP contribution in [0.5, 0.6) is 5.75 Å². The Morgan fingerprint density at radius 1 is 1.42 bits per heavy atom. The lowest BCUT2D eigenvalue weighted by molar-refractivity contribution is 0.0137. The maximum absolute atomic E-state index is 12.3. The summed E-state index contributed by atoms with van der Waals surface area (Å²) in [5.41, 5.74) is 0.569. The van der Waals surface area contributed by atoms with Gasteiger partial charge in [-0.2, -0.15) is 0 Å². The molecule has 1 saturated heterocycles. The summed E-state index contributed by atoms with van der Waals surface area (Å²) in [7, 11) is 0. The van der Waals surface area contributed by atoms with Crippen LogP contribution in [0, 0.1) is 0 Å². The number of rotatable bonds is 2. The first-order chi connectivity index (χ1) is 12.2. The lowest BCUT2D eigenvalue weighted by Crippen LogP contribution is -2.57. The van der Waals surface area contributed by atoms with Crippen molar-refractivity contribution in [3.05, 3.63) is 28.2 Å². The highest BCUT2D eigenvalue weighted by molar-refractivity contribution is 9.10. The minimum Gasteiger partial charge on any atom is -0.507 e. The fourth-order valence-electron chi connectivity index (χ4n) is 3.06. The summed E-state index contributed by atoms with van der Waals surface area (Å²) in [4.78, 5) is 20.8. The van der Waals surface area contributed by atoms with E-state index in [1.165, 1.54) is 0 Å². The van der Waals surface area contributed by atoms with Gasteiger partial charge in [0.2, 0.25) is 0 Å². The van der Waals surface area contributed by atoms with E-state index in [0.29, 0.717) is 30.7 Å². The predicted molar refractivity (Wildman–Crippen MR) is 103 cm³/mol. The summed E-state index contributed by atoms with van der Waals surface area (Å²) in [5.74, 6) is 1.09. The Kier molecular flexibility index (Phi) is 5.32. The number of guanidine groups is 1. The number of nitrogens with one attached hydrogen (secondary N) is 1. The molecule has 142 valence electrons. The smallest absolute Gasteiger partial charge is 0.410 e. The molecule has 1 atom stereocenters. The number of hydrogen-bond acceptors (Lipinski definition) is 6. The Balaban J connectivity index is 1.53. The van der Waals surface area contributed by atoms with Gasteiger partial charge in [0.1, 0.15) is 11.4 Å². The number of nitrogens with zero attached hydrogens (tertiary/aromatic N) is 3. The molecule has 0 radical (unpaired) electrons. The van der Waals surface area contributed by atoms with E-state index in [1.54, 1.807) is 11.0 Å². The van der Waals surface area contributed by atoms with Gasteiger partial charge in [0.15, 0.2) is 5.96 Å².